The lowest BCUT2D eigenvalue weighted by atomic mass is 10.2. The first-order chi connectivity index (χ1) is 15.0. The van der Waals surface area contributed by atoms with Crippen LogP contribution in [0.1, 0.15) is 16.1 Å². The summed E-state index contributed by atoms with van der Waals surface area (Å²) < 4.78 is 20.8. The van der Waals surface area contributed by atoms with E-state index < -0.39 is 11.9 Å². The zero-order valence-corrected chi connectivity index (χ0v) is 17.6. The van der Waals surface area contributed by atoms with Gasteiger partial charge in [-0.15, -0.1) is 0 Å². The van der Waals surface area contributed by atoms with Gasteiger partial charge in [0.1, 0.15) is 5.75 Å². The molecule has 0 spiro atoms. The van der Waals surface area contributed by atoms with Crippen LogP contribution in [0, 0.1) is 0 Å². The average Bonchev–Trinajstić information content (AvgIpc) is 3.29. The third kappa shape index (κ3) is 6.24. The molecule has 0 aliphatic rings. The Morgan fingerprint density at radius 2 is 1.90 bits per heavy atom. The van der Waals surface area contributed by atoms with Gasteiger partial charge in [-0.05, 0) is 54.1 Å². The molecule has 0 saturated heterocycles. The van der Waals surface area contributed by atoms with Crippen molar-refractivity contribution in [3.8, 4) is 17.2 Å². The minimum atomic E-state index is -0.655. The zero-order valence-electron chi connectivity index (χ0n) is 16.1. The fraction of sp³-hybridized carbons (Fsp3) is 0.0952. The van der Waals surface area contributed by atoms with Crippen molar-refractivity contribution in [2.75, 3.05) is 13.7 Å². The lowest BCUT2D eigenvalue weighted by Crippen LogP contribution is -2.24. The van der Waals surface area contributed by atoms with Crippen LogP contribution in [0.2, 0.25) is 10.0 Å². The Labute approximate surface area is 187 Å². The molecule has 1 N–H and O–H groups in total. The van der Waals surface area contributed by atoms with Crippen LogP contribution in [-0.4, -0.2) is 31.8 Å². The maximum atomic E-state index is 12.0. The first kappa shape index (κ1) is 22.2. The molecule has 31 heavy (non-hydrogen) atoms. The van der Waals surface area contributed by atoms with Crippen molar-refractivity contribution in [2.24, 2.45) is 5.10 Å². The van der Waals surface area contributed by atoms with E-state index in [9.17, 15) is 9.59 Å². The van der Waals surface area contributed by atoms with Crippen molar-refractivity contribution in [1.82, 2.24) is 5.43 Å². The normalized spacial score (nSPS) is 10.7. The zero-order chi connectivity index (χ0) is 22.2. The summed E-state index contributed by atoms with van der Waals surface area (Å²) in [4.78, 5) is 23.9. The van der Waals surface area contributed by atoms with Gasteiger partial charge in [0.25, 0.3) is 5.91 Å². The predicted molar refractivity (Wildman–Crippen MR) is 114 cm³/mol. The van der Waals surface area contributed by atoms with E-state index in [-0.39, 0.29) is 18.1 Å². The number of carbonyl (C=O) groups excluding carboxylic acids is 2. The summed E-state index contributed by atoms with van der Waals surface area (Å²) in [5.74, 6) is -0.239. The molecule has 0 radical (unpaired) electrons. The largest absolute Gasteiger partial charge is 0.493 e. The van der Waals surface area contributed by atoms with Crippen LogP contribution in [0.4, 0.5) is 0 Å². The van der Waals surface area contributed by atoms with E-state index in [2.05, 4.69) is 10.5 Å². The lowest BCUT2D eigenvalue weighted by molar-refractivity contribution is -0.123. The van der Waals surface area contributed by atoms with E-state index in [0.29, 0.717) is 27.1 Å². The van der Waals surface area contributed by atoms with Crippen molar-refractivity contribution in [2.45, 2.75) is 0 Å². The number of nitrogens with zero attached hydrogens (tertiary/aromatic N) is 1. The Hall–Kier alpha value is -3.49. The molecule has 0 aliphatic heterocycles. The second kappa shape index (κ2) is 10.5. The lowest BCUT2D eigenvalue weighted by Gasteiger charge is -2.09. The Bertz CT molecular complexity index is 1100. The van der Waals surface area contributed by atoms with Crippen molar-refractivity contribution in [1.29, 1.82) is 0 Å². The summed E-state index contributed by atoms with van der Waals surface area (Å²) >= 11 is 11.8. The number of hydrogen-bond acceptors (Lipinski definition) is 7. The highest BCUT2D eigenvalue weighted by Gasteiger charge is 2.15. The molecule has 0 saturated carbocycles. The summed E-state index contributed by atoms with van der Waals surface area (Å²) in [7, 11) is 1.43. The van der Waals surface area contributed by atoms with Crippen molar-refractivity contribution >= 4 is 41.3 Å². The van der Waals surface area contributed by atoms with Crippen LogP contribution in [0.3, 0.4) is 0 Å². The molecule has 0 unspecified atom stereocenters. The van der Waals surface area contributed by atoms with Gasteiger partial charge in [-0.1, -0.05) is 23.2 Å². The van der Waals surface area contributed by atoms with Gasteiger partial charge >= 0.3 is 5.97 Å². The topological polar surface area (TPSA) is 99.4 Å². The minimum Gasteiger partial charge on any atom is -0.493 e. The van der Waals surface area contributed by atoms with E-state index in [1.165, 1.54) is 37.8 Å². The van der Waals surface area contributed by atoms with Gasteiger partial charge in [0, 0.05) is 5.02 Å². The Balaban J connectivity index is 1.55. The van der Waals surface area contributed by atoms with Crippen molar-refractivity contribution < 1.29 is 28.2 Å². The number of rotatable bonds is 8. The number of amides is 1. The molecule has 3 aromatic rings. The maximum absolute atomic E-state index is 12.0. The molecule has 3 rings (SSSR count). The van der Waals surface area contributed by atoms with Crippen molar-refractivity contribution in [3.05, 3.63) is 76.2 Å². The molecule has 1 heterocycles. The highest BCUT2D eigenvalue weighted by molar-refractivity contribution is 6.35. The number of nitrogens with one attached hydrogen (secondary N) is 1. The van der Waals surface area contributed by atoms with E-state index in [1.807, 2.05) is 0 Å². The van der Waals surface area contributed by atoms with Crippen LogP contribution in [0.5, 0.6) is 17.2 Å². The quantitative estimate of drug-likeness (QED) is 0.231. The van der Waals surface area contributed by atoms with Gasteiger partial charge in [0.05, 0.1) is 24.6 Å². The van der Waals surface area contributed by atoms with E-state index in [1.54, 1.807) is 30.3 Å². The first-order valence-corrected chi connectivity index (χ1v) is 9.55. The second-order valence-electron chi connectivity index (χ2n) is 5.93. The Kier molecular flexibility index (Phi) is 7.53. The summed E-state index contributed by atoms with van der Waals surface area (Å²) in [6, 6.07) is 12.5. The molecule has 0 aliphatic carbocycles. The van der Waals surface area contributed by atoms with Gasteiger partial charge in [-0.3, -0.25) is 4.79 Å². The SMILES string of the molecule is COc1cc(/C=N/NC(=O)COc2ccc(Cl)cc2Cl)ccc1OC(=O)c1ccco1. The first-order valence-electron chi connectivity index (χ1n) is 8.79. The second-order valence-corrected chi connectivity index (χ2v) is 6.78. The maximum Gasteiger partial charge on any atom is 0.379 e. The number of benzene rings is 2. The highest BCUT2D eigenvalue weighted by atomic mass is 35.5. The molecular weight excluding hydrogens is 447 g/mol. The number of carbonyl (C=O) groups is 2. The fourth-order valence-corrected chi connectivity index (χ4v) is 2.80. The van der Waals surface area contributed by atoms with Crippen LogP contribution >= 0.6 is 23.2 Å². The molecule has 2 aromatic carbocycles. The van der Waals surface area contributed by atoms with Gasteiger partial charge in [0.15, 0.2) is 18.1 Å². The number of methoxy groups -OCH3 is 1. The molecule has 10 heteroatoms. The third-order valence-corrected chi connectivity index (χ3v) is 4.30. The van der Waals surface area contributed by atoms with Crippen LogP contribution in [-0.2, 0) is 4.79 Å². The van der Waals surface area contributed by atoms with Crippen LogP contribution in [0.15, 0.2) is 64.3 Å². The highest BCUT2D eigenvalue weighted by Crippen LogP contribution is 2.29. The predicted octanol–water partition coefficient (Wildman–Crippen LogP) is 4.34. The van der Waals surface area contributed by atoms with Gasteiger partial charge in [-0.2, -0.15) is 5.10 Å². The number of hydrazone groups is 1. The molecular formula is C21H16Cl2N2O6. The molecule has 0 fully saturated rings. The van der Waals surface area contributed by atoms with Gasteiger partial charge in [0.2, 0.25) is 5.76 Å². The summed E-state index contributed by atoms with van der Waals surface area (Å²) in [5, 5.41) is 4.62. The monoisotopic (exact) mass is 462 g/mol. The standard InChI is InChI=1S/C21H16Cl2N2O6/c1-28-19-9-13(4-6-17(19)31-21(27)18-3-2-8-29-18)11-24-25-20(26)12-30-16-7-5-14(22)10-15(16)23/h2-11H,12H2,1H3,(H,25,26)/b24-11+. The molecule has 0 bridgehead atoms. The Morgan fingerprint density at radius 1 is 1.10 bits per heavy atom. The molecule has 1 amide bonds. The Morgan fingerprint density at radius 3 is 2.61 bits per heavy atom. The van der Waals surface area contributed by atoms with E-state index in [0.717, 1.165) is 0 Å². The molecule has 8 nitrogen and oxygen atoms in total. The van der Waals surface area contributed by atoms with E-state index >= 15 is 0 Å². The van der Waals surface area contributed by atoms with Gasteiger partial charge < -0.3 is 18.6 Å². The van der Waals surface area contributed by atoms with Crippen molar-refractivity contribution in [3.63, 3.8) is 0 Å². The molecule has 1 aromatic heterocycles. The number of hydrogen-bond donors (Lipinski definition) is 1. The third-order valence-electron chi connectivity index (χ3n) is 3.77. The van der Waals surface area contributed by atoms with Crippen LogP contribution in [0.25, 0.3) is 0 Å². The number of esters is 1. The molecule has 160 valence electrons. The van der Waals surface area contributed by atoms with E-state index in [4.69, 9.17) is 41.8 Å². The summed E-state index contributed by atoms with van der Waals surface area (Å²) in [6.45, 7) is -0.288. The number of furan rings is 1. The molecule has 0 atom stereocenters. The van der Waals surface area contributed by atoms with Crippen LogP contribution < -0.4 is 19.6 Å². The fourth-order valence-electron chi connectivity index (χ4n) is 2.34. The summed E-state index contributed by atoms with van der Waals surface area (Å²) in [6.07, 6.45) is 2.77. The van der Waals surface area contributed by atoms with Gasteiger partial charge in [-0.25, -0.2) is 10.2 Å². The number of ether oxygens (including phenoxy) is 3. The smallest absolute Gasteiger partial charge is 0.379 e. The summed E-state index contributed by atoms with van der Waals surface area (Å²) in [5.41, 5.74) is 2.93. The average molecular weight is 463 g/mol. The number of halogens is 2. The minimum absolute atomic E-state index is 0.0671.